The molecule has 1 atom stereocenters. The van der Waals surface area contributed by atoms with Crippen LogP contribution in [0.2, 0.25) is 0 Å². The molecule has 6 heteroatoms. The molecule has 1 amide bonds. The van der Waals surface area contributed by atoms with E-state index < -0.39 is 0 Å². The molecule has 0 saturated carbocycles. The number of likely N-dealkylation sites (tertiary alicyclic amines) is 2. The summed E-state index contributed by atoms with van der Waals surface area (Å²) >= 11 is 0. The maximum absolute atomic E-state index is 12.5. The second kappa shape index (κ2) is 8.48. The molecule has 2 heterocycles. The summed E-state index contributed by atoms with van der Waals surface area (Å²) in [6.07, 6.45) is 3.86. The minimum absolute atomic E-state index is 0.139. The van der Waals surface area contributed by atoms with Crippen LogP contribution in [0, 0.1) is 11.8 Å². The summed E-state index contributed by atoms with van der Waals surface area (Å²) in [5.74, 6) is 0.430. The summed E-state index contributed by atoms with van der Waals surface area (Å²) in [4.78, 5) is 28.3. The average molecular weight is 311 g/mol. The summed E-state index contributed by atoms with van der Waals surface area (Å²) in [7, 11) is 0. The van der Waals surface area contributed by atoms with Gasteiger partial charge in [-0.15, -0.1) is 0 Å². The van der Waals surface area contributed by atoms with Gasteiger partial charge in [0, 0.05) is 13.1 Å². The van der Waals surface area contributed by atoms with E-state index in [1.165, 1.54) is 0 Å². The van der Waals surface area contributed by atoms with E-state index in [2.05, 4.69) is 4.90 Å². The second-order valence-corrected chi connectivity index (χ2v) is 6.39. The van der Waals surface area contributed by atoms with Crippen LogP contribution in [0.1, 0.15) is 32.6 Å². The molecule has 22 heavy (non-hydrogen) atoms. The molecule has 2 fully saturated rings. The molecular weight excluding hydrogens is 282 g/mol. The summed E-state index contributed by atoms with van der Waals surface area (Å²) in [6.45, 7) is 6.59. The summed E-state index contributed by atoms with van der Waals surface area (Å²) in [5.41, 5.74) is 5.70. The molecule has 0 aromatic carbocycles. The number of carbonyl (C=O) groups is 2. The highest BCUT2D eigenvalue weighted by Crippen LogP contribution is 2.19. The van der Waals surface area contributed by atoms with Crippen LogP contribution < -0.4 is 5.73 Å². The van der Waals surface area contributed by atoms with E-state index in [1.54, 1.807) is 0 Å². The fourth-order valence-electron chi connectivity index (χ4n) is 3.33. The maximum Gasteiger partial charge on any atom is 0.310 e. The molecule has 0 aromatic rings. The van der Waals surface area contributed by atoms with Crippen molar-refractivity contribution in [2.24, 2.45) is 17.6 Å². The van der Waals surface area contributed by atoms with Gasteiger partial charge in [-0.3, -0.25) is 14.5 Å². The van der Waals surface area contributed by atoms with Crippen molar-refractivity contribution in [3.63, 3.8) is 0 Å². The second-order valence-electron chi connectivity index (χ2n) is 6.39. The molecule has 0 aliphatic carbocycles. The van der Waals surface area contributed by atoms with Crippen LogP contribution in [-0.2, 0) is 14.3 Å². The van der Waals surface area contributed by atoms with Crippen molar-refractivity contribution in [2.75, 3.05) is 45.9 Å². The van der Waals surface area contributed by atoms with Crippen molar-refractivity contribution in [3.05, 3.63) is 0 Å². The highest BCUT2D eigenvalue weighted by atomic mass is 16.5. The standard InChI is InChI=1S/C16H29N3O3/c1-2-22-16(21)14-4-3-7-19(11-14)15(20)12-18-8-5-13(10-17)6-9-18/h13-14H,2-12,17H2,1H3. The number of nitrogens with zero attached hydrogens (tertiary/aromatic N) is 2. The normalized spacial score (nSPS) is 24.3. The molecule has 2 N–H and O–H groups in total. The maximum atomic E-state index is 12.5. The van der Waals surface area contributed by atoms with Crippen molar-refractivity contribution >= 4 is 11.9 Å². The lowest BCUT2D eigenvalue weighted by molar-refractivity contribution is -0.151. The Morgan fingerprint density at radius 2 is 1.91 bits per heavy atom. The fourth-order valence-corrected chi connectivity index (χ4v) is 3.33. The van der Waals surface area contributed by atoms with Crippen LogP contribution in [0.4, 0.5) is 0 Å². The van der Waals surface area contributed by atoms with E-state index >= 15 is 0 Å². The Bertz CT molecular complexity index is 381. The van der Waals surface area contributed by atoms with Gasteiger partial charge in [0.2, 0.25) is 5.91 Å². The smallest absolute Gasteiger partial charge is 0.310 e. The quantitative estimate of drug-likeness (QED) is 0.747. The number of nitrogens with two attached hydrogens (primary N) is 1. The van der Waals surface area contributed by atoms with Gasteiger partial charge in [0.05, 0.1) is 19.1 Å². The first kappa shape index (κ1) is 17.2. The predicted molar refractivity (Wildman–Crippen MR) is 84.2 cm³/mol. The molecular formula is C16H29N3O3. The van der Waals surface area contributed by atoms with E-state index in [9.17, 15) is 9.59 Å². The predicted octanol–water partition coefficient (Wildman–Crippen LogP) is 0.459. The van der Waals surface area contributed by atoms with Gasteiger partial charge in [-0.2, -0.15) is 0 Å². The van der Waals surface area contributed by atoms with Gasteiger partial charge in [-0.05, 0) is 58.2 Å². The van der Waals surface area contributed by atoms with E-state index in [1.807, 2.05) is 11.8 Å². The number of ether oxygens (including phenoxy) is 1. The zero-order valence-corrected chi connectivity index (χ0v) is 13.6. The molecule has 6 nitrogen and oxygen atoms in total. The Morgan fingerprint density at radius 3 is 2.55 bits per heavy atom. The topological polar surface area (TPSA) is 75.9 Å². The van der Waals surface area contributed by atoms with Crippen molar-refractivity contribution in [1.82, 2.24) is 9.80 Å². The number of carbonyl (C=O) groups excluding carboxylic acids is 2. The first-order chi connectivity index (χ1) is 10.6. The first-order valence-corrected chi connectivity index (χ1v) is 8.50. The highest BCUT2D eigenvalue weighted by molar-refractivity contribution is 5.80. The van der Waals surface area contributed by atoms with Gasteiger partial charge in [-0.25, -0.2) is 0 Å². The molecule has 0 radical (unpaired) electrons. The molecule has 0 bridgehead atoms. The number of piperidine rings is 2. The number of rotatable bonds is 5. The first-order valence-electron chi connectivity index (χ1n) is 8.50. The van der Waals surface area contributed by atoms with Crippen LogP contribution in [-0.4, -0.2) is 67.6 Å². The van der Waals surface area contributed by atoms with E-state index in [0.29, 0.717) is 25.6 Å². The van der Waals surface area contributed by atoms with Gasteiger partial charge < -0.3 is 15.4 Å². The minimum atomic E-state index is -0.163. The van der Waals surface area contributed by atoms with Gasteiger partial charge in [0.25, 0.3) is 0 Å². The Labute approximate surface area is 132 Å². The van der Waals surface area contributed by atoms with Crippen LogP contribution in [0.15, 0.2) is 0 Å². The molecule has 0 spiro atoms. The Kier molecular flexibility index (Phi) is 6.64. The lowest BCUT2D eigenvalue weighted by atomic mass is 9.96. The van der Waals surface area contributed by atoms with Crippen molar-refractivity contribution in [2.45, 2.75) is 32.6 Å². The molecule has 2 rings (SSSR count). The molecule has 126 valence electrons. The Morgan fingerprint density at radius 1 is 1.18 bits per heavy atom. The number of hydrogen-bond donors (Lipinski definition) is 1. The van der Waals surface area contributed by atoms with Gasteiger partial charge in [-0.1, -0.05) is 0 Å². The van der Waals surface area contributed by atoms with Crippen LogP contribution in [0.25, 0.3) is 0 Å². The van der Waals surface area contributed by atoms with Gasteiger partial charge in [0.1, 0.15) is 0 Å². The number of amides is 1. The fraction of sp³-hybridized carbons (Fsp3) is 0.875. The lowest BCUT2D eigenvalue weighted by Gasteiger charge is -2.35. The van der Waals surface area contributed by atoms with Crippen molar-refractivity contribution in [1.29, 1.82) is 0 Å². The average Bonchev–Trinajstić information content (AvgIpc) is 2.56. The third-order valence-corrected chi connectivity index (χ3v) is 4.79. The third-order valence-electron chi connectivity index (χ3n) is 4.79. The monoisotopic (exact) mass is 311 g/mol. The highest BCUT2D eigenvalue weighted by Gasteiger charge is 2.30. The molecule has 1 unspecified atom stereocenters. The Balaban J connectivity index is 1.78. The molecule has 0 aromatic heterocycles. The van der Waals surface area contributed by atoms with Crippen LogP contribution in [0.5, 0.6) is 0 Å². The SMILES string of the molecule is CCOC(=O)C1CCCN(C(=O)CN2CCC(CN)CC2)C1. The van der Waals surface area contributed by atoms with E-state index in [0.717, 1.165) is 51.9 Å². The summed E-state index contributed by atoms with van der Waals surface area (Å²) in [5, 5.41) is 0. The number of hydrogen-bond acceptors (Lipinski definition) is 5. The van der Waals surface area contributed by atoms with Crippen LogP contribution in [0.3, 0.4) is 0 Å². The van der Waals surface area contributed by atoms with Crippen LogP contribution >= 0.6 is 0 Å². The zero-order valence-electron chi connectivity index (χ0n) is 13.6. The van der Waals surface area contributed by atoms with E-state index in [4.69, 9.17) is 10.5 Å². The molecule has 2 aliphatic rings. The van der Waals surface area contributed by atoms with Crippen molar-refractivity contribution in [3.8, 4) is 0 Å². The van der Waals surface area contributed by atoms with Crippen molar-refractivity contribution < 1.29 is 14.3 Å². The largest absolute Gasteiger partial charge is 0.466 e. The summed E-state index contributed by atoms with van der Waals surface area (Å²) < 4.78 is 5.08. The molecule has 2 saturated heterocycles. The van der Waals surface area contributed by atoms with E-state index in [-0.39, 0.29) is 17.8 Å². The molecule has 2 aliphatic heterocycles. The lowest BCUT2D eigenvalue weighted by Crippen LogP contribution is -2.48. The minimum Gasteiger partial charge on any atom is -0.466 e. The number of esters is 1. The Hall–Kier alpha value is -1.14. The zero-order chi connectivity index (χ0) is 15.9. The van der Waals surface area contributed by atoms with Gasteiger partial charge in [0.15, 0.2) is 0 Å². The van der Waals surface area contributed by atoms with Gasteiger partial charge >= 0.3 is 5.97 Å². The summed E-state index contributed by atoms with van der Waals surface area (Å²) in [6, 6.07) is 0. The third kappa shape index (κ3) is 4.68.